The van der Waals surface area contributed by atoms with E-state index in [0.717, 1.165) is 0 Å². The molecule has 0 heterocycles. The molecule has 0 spiro atoms. The predicted molar refractivity (Wildman–Crippen MR) is 123 cm³/mol. The van der Waals surface area contributed by atoms with Crippen molar-refractivity contribution < 1.29 is 52.7 Å². The average Bonchev–Trinajstić information content (AvgIpc) is 2.61. The Balaban J connectivity index is 0.000000360. The lowest BCUT2D eigenvalue weighted by Crippen LogP contribution is -2.19. The van der Waals surface area contributed by atoms with Crippen molar-refractivity contribution in [2.75, 3.05) is 0 Å². The minimum absolute atomic E-state index is 1.24. The fourth-order valence-electron chi connectivity index (χ4n) is 2.26. The van der Waals surface area contributed by atoms with Crippen molar-refractivity contribution in [2.24, 2.45) is 0 Å². The van der Waals surface area contributed by atoms with Crippen LogP contribution in [0.4, 0.5) is 52.7 Å². The number of benzene rings is 2. The van der Waals surface area contributed by atoms with Crippen molar-refractivity contribution in [1.29, 1.82) is 0 Å². The number of alkyl halides is 12. The van der Waals surface area contributed by atoms with E-state index in [1.807, 2.05) is 0 Å². The monoisotopic (exact) mass is 876 g/mol. The molecular weight excluding hydrogens is 882 g/mol. The van der Waals surface area contributed by atoms with E-state index in [-0.39, 0.29) is 0 Å². The summed E-state index contributed by atoms with van der Waals surface area (Å²) < 4.78 is 153. The minimum Gasteiger partial charge on any atom is -0.203 e. The molecule has 20 heteroatoms. The van der Waals surface area contributed by atoms with Gasteiger partial charge in [0.15, 0.2) is 46.5 Å². The summed E-state index contributed by atoms with van der Waals surface area (Å²) in [4.78, 5) is -8.91. The second-order valence-electron chi connectivity index (χ2n) is 6.00. The lowest BCUT2D eigenvalue weighted by atomic mass is 10.1. The second kappa shape index (κ2) is 11.7. The standard InChI is InChI=1S/C8Br2Cl4F4.C8Br2F8/c9-7(11,12)1-3(15)5(17)2(8(10,13)14)6(18)4(1)16;9-7(15,16)1-3(11)5(13)2(8(10,17)18)6(14)4(1)12. The fraction of sp³-hybridized carbons (Fsp3) is 0.250. The van der Waals surface area contributed by atoms with Gasteiger partial charge in [0.1, 0.15) is 11.1 Å². The van der Waals surface area contributed by atoms with Crippen molar-refractivity contribution >= 4 is 110 Å². The highest BCUT2D eigenvalue weighted by Crippen LogP contribution is 2.49. The first-order valence-corrected chi connectivity index (χ1v) is 12.5. The van der Waals surface area contributed by atoms with Gasteiger partial charge in [-0.25, -0.2) is 35.1 Å². The normalized spacial score (nSPS) is 13.0. The molecule has 2 rings (SSSR count). The van der Waals surface area contributed by atoms with Crippen LogP contribution < -0.4 is 0 Å². The van der Waals surface area contributed by atoms with E-state index in [0.29, 0.717) is 0 Å². The average molecular weight is 882 g/mol. The first-order chi connectivity index (χ1) is 15.8. The molecule has 0 aliphatic carbocycles. The van der Waals surface area contributed by atoms with Crippen molar-refractivity contribution in [1.82, 2.24) is 0 Å². The Morgan fingerprint density at radius 3 is 0.611 bits per heavy atom. The second-order valence-corrected chi connectivity index (χ2v) is 14.9. The Morgan fingerprint density at radius 2 is 0.500 bits per heavy atom. The van der Waals surface area contributed by atoms with E-state index in [1.54, 1.807) is 0 Å². The molecule has 0 atom stereocenters. The highest BCUT2D eigenvalue weighted by molar-refractivity contribution is 9.10. The van der Waals surface area contributed by atoms with Gasteiger partial charge in [-0.2, -0.15) is 17.6 Å². The molecular formula is C16Br4Cl4F12. The molecule has 0 nitrogen and oxygen atoms in total. The van der Waals surface area contributed by atoms with E-state index in [1.165, 1.54) is 31.9 Å². The molecule has 0 amide bonds. The third-order valence-electron chi connectivity index (χ3n) is 3.66. The molecule has 36 heavy (non-hydrogen) atoms. The van der Waals surface area contributed by atoms with Gasteiger partial charge in [-0.1, -0.05) is 46.4 Å². The molecule has 0 aliphatic rings. The van der Waals surface area contributed by atoms with Crippen LogP contribution in [-0.2, 0) is 16.1 Å². The summed E-state index contributed by atoms with van der Waals surface area (Å²) in [6, 6.07) is 0. The van der Waals surface area contributed by atoms with Gasteiger partial charge in [0.25, 0.3) is 0 Å². The smallest absolute Gasteiger partial charge is 0.203 e. The van der Waals surface area contributed by atoms with Gasteiger partial charge in [0.05, 0.1) is 11.1 Å². The van der Waals surface area contributed by atoms with Crippen LogP contribution in [0.15, 0.2) is 0 Å². The van der Waals surface area contributed by atoms with Gasteiger partial charge in [-0.3, -0.25) is 0 Å². The summed E-state index contributed by atoms with van der Waals surface area (Å²) in [6.07, 6.45) is 0. The highest BCUT2D eigenvalue weighted by atomic mass is 79.9. The van der Waals surface area contributed by atoms with Crippen LogP contribution in [0.3, 0.4) is 0 Å². The zero-order valence-corrected chi connectivity index (χ0v) is 24.9. The molecule has 204 valence electrons. The summed E-state index contributed by atoms with van der Waals surface area (Å²) in [7, 11) is 0. The quantitative estimate of drug-likeness (QED) is 0.163. The SMILES string of the molecule is Fc1c(F)c(C(Cl)(Cl)Br)c(F)c(F)c1C(Cl)(Cl)Br.Fc1c(F)c(C(F)(F)Br)c(F)c(F)c1C(F)(F)Br. The maximum Gasteiger partial charge on any atom is 0.332 e. The van der Waals surface area contributed by atoms with Crippen molar-refractivity contribution in [3.05, 3.63) is 68.8 Å². The van der Waals surface area contributed by atoms with Gasteiger partial charge in [0.2, 0.25) is 6.49 Å². The lowest BCUT2D eigenvalue weighted by molar-refractivity contribution is 0.0904. The largest absolute Gasteiger partial charge is 0.332 e. The summed E-state index contributed by atoms with van der Waals surface area (Å²) in [5.41, 5.74) is -7.12. The van der Waals surface area contributed by atoms with Crippen LogP contribution in [0, 0.1) is 46.5 Å². The molecule has 0 saturated carbocycles. The van der Waals surface area contributed by atoms with Crippen molar-refractivity contribution in [2.45, 2.75) is 16.1 Å². The van der Waals surface area contributed by atoms with Gasteiger partial charge in [-0.05, 0) is 63.7 Å². The van der Waals surface area contributed by atoms with E-state index in [2.05, 4.69) is 31.9 Å². The van der Waals surface area contributed by atoms with Crippen LogP contribution in [0.25, 0.3) is 0 Å². The van der Waals surface area contributed by atoms with Gasteiger partial charge in [-0.15, -0.1) is 0 Å². The van der Waals surface area contributed by atoms with E-state index >= 15 is 0 Å². The van der Waals surface area contributed by atoms with Crippen LogP contribution in [0.2, 0.25) is 0 Å². The Morgan fingerprint density at radius 1 is 0.361 bits per heavy atom. The summed E-state index contributed by atoms with van der Waals surface area (Å²) >= 11 is 29.4. The summed E-state index contributed by atoms with van der Waals surface area (Å²) in [5.74, 6) is -17.7. The van der Waals surface area contributed by atoms with Crippen LogP contribution >= 0.6 is 110 Å². The van der Waals surface area contributed by atoms with Crippen LogP contribution in [-0.4, -0.2) is 0 Å². The lowest BCUT2D eigenvalue weighted by Gasteiger charge is -2.20. The molecule has 0 radical (unpaired) electrons. The minimum atomic E-state index is -4.46. The summed E-state index contributed by atoms with van der Waals surface area (Å²) in [5, 5.41) is 0. The molecule has 2 aromatic carbocycles. The Labute approximate surface area is 246 Å². The highest BCUT2D eigenvalue weighted by Gasteiger charge is 2.45. The number of hydrogen-bond donors (Lipinski definition) is 0. The van der Waals surface area contributed by atoms with E-state index in [9.17, 15) is 52.7 Å². The van der Waals surface area contributed by atoms with Gasteiger partial charge in [0, 0.05) is 0 Å². The zero-order chi connectivity index (χ0) is 28.9. The predicted octanol–water partition coefficient (Wildman–Crippen LogP) is 11.3. The molecule has 0 N–H and O–H groups in total. The molecule has 0 aromatic heterocycles. The summed E-state index contributed by atoms with van der Waals surface area (Å²) in [6.45, 7) is 0. The third-order valence-corrected chi connectivity index (χ3v) is 6.00. The van der Waals surface area contributed by atoms with Crippen molar-refractivity contribution in [3.63, 3.8) is 0 Å². The Bertz CT molecular complexity index is 931. The van der Waals surface area contributed by atoms with E-state index < -0.39 is 84.9 Å². The van der Waals surface area contributed by atoms with E-state index in [4.69, 9.17) is 46.4 Å². The van der Waals surface area contributed by atoms with Crippen LogP contribution in [0.5, 0.6) is 0 Å². The van der Waals surface area contributed by atoms with Crippen molar-refractivity contribution in [3.8, 4) is 0 Å². The molecule has 0 saturated heterocycles. The number of halogens is 20. The molecule has 0 fully saturated rings. The Kier molecular flexibility index (Phi) is 11.2. The molecule has 2 aromatic rings. The molecule has 0 aliphatic heterocycles. The molecule has 0 bridgehead atoms. The maximum atomic E-state index is 13.6. The Hall–Kier alpha value is 0.680. The fourth-order valence-corrected chi connectivity index (χ4v) is 4.32. The van der Waals surface area contributed by atoms with Gasteiger partial charge >= 0.3 is 9.66 Å². The topological polar surface area (TPSA) is 0 Å². The third kappa shape index (κ3) is 7.45. The molecule has 0 unspecified atom stereocenters. The first-order valence-electron chi connectivity index (χ1n) is 7.78. The number of hydrogen-bond acceptors (Lipinski definition) is 0. The van der Waals surface area contributed by atoms with Crippen LogP contribution in [0.1, 0.15) is 22.3 Å². The zero-order valence-electron chi connectivity index (χ0n) is 15.6. The maximum absolute atomic E-state index is 13.6. The number of rotatable bonds is 4. The first kappa shape index (κ1) is 34.7. The van der Waals surface area contributed by atoms with Gasteiger partial charge < -0.3 is 0 Å².